The maximum Gasteiger partial charge on any atom is 0.209 e. The zero-order valence-corrected chi connectivity index (χ0v) is 24.0. The van der Waals surface area contributed by atoms with E-state index in [2.05, 4.69) is 35.0 Å². The number of halogens is 1. The van der Waals surface area contributed by atoms with Crippen molar-refractivity contribution in [1.82, 2.24) is 0 Å². The summed E-state index contributed by atoms with van der Waals surface area (Å²) in [7, 11) is -3.37. The minimum Gasteiger partial charge on any atom is -0.218 e. The fraction of sp³-hybridized carbons (Fsp3) is 0.500. The molecule has 0 aromatic carbocycles. The number of unbranched alkanes of at least 4 members (excludes halogenated alkanes) is 6. The van der Waals surface area contributed by atoms with Crippen molar-refractivity contribution < 1.29 is 8.42 Å². The summed E-state index contributed by atoms with van der Waals surface area (Å²) in [5.74, 6) is 1.16. The highest BCUT2D eigenvalue weighted by molar-refractivity contribution is 9.09. The molecule has 32 heavy (non-hydrogen) atoms. The number of hydrogen-bond donors (Lipinski definition) is 0. The molecule has 3 aromatic rings. The van der Waals surface area contributed by atoms with Crippen molar-refractivity contribution in [2.75, 3.05) is 11.1 Å². The lowest BCUT2D eigenvalue weighted by atomic mass is 10.1. The van der Waals surface area contributed by atoms with Crippen LogP contribution in [0.15, 0.2) is 38.3 Å². The van der Waals surface area contributed by atoms with Crippen molar-refractivity contribution in [3.63, 3.8) is 0 Å². The number of sulfone groups is 1. The van der Waals surface area contributed by atoms with Gasteiger partial charge in [-0.2, -0.15) is 0 Å². The van der Waals surface area contributed by atoms with Crippen LogP contribution in [0.1, 0.15) is 63.2 Å². The number of alkyl halides is 1. The largest absolute Gasteiger partial charge is 0.218 e. The zero-order valence-electron chi connectivity index (χ0n) is 18.3. The summed E-state index contributed by atoms with van der Waals surface area (Å²) in [6.45, 7) is 2.26. The van der Waals surface area contributed by atoms with Gasteiger partial charge in [0.25, 0.3) is 0 Å². The standard InChI is InChI=1S/C24H29BrO2S5/c1-2-3-4-5-6-9-14-28-22-12-11-18(30-22)19-16-21-24(31-19)23-20(32(21,26)27)15-17(29-23)10-7-8-13-25/h11-12,15-16H,2-10,13-14H2,1H3. The molecule has 2 nitrogen and oxygen atoms in total. The van der Waals surface area contributed by atoms with E-state index in [1.807, 2.05) is 23.9 Å². The van der Waals surface area contributed by atoms with Crippen molar-refractivity contribution in [2.45, 2.75) is 78.7 Å². The molecule has 0 unspecified atom stereocenters. The van der Waals surface area contributed by atoms with E-state index >= 15 is 0 Å². The Morgan fingerprint density at radius 2 is 1.59 bits per heavy atom. The van der Waals surface area contributed by atoms with Crippen LogP contribution in [0.25, 0.3) is 19.5 Å². The van der Waals surface area contributed by atoms with Gasteiger partial charge in [-0.3, -0.25) is 0 Å². The minimum absolute atomic E-state index is 0.514. The second-order valence-corrected chi connectivity index (χ2v) is 15.4. The molecule has 1 aliphatic heterocycles. The summed E-state index contributed by atoms with van der Waals surface area (Å²) in [6.07, 6.45) is 11.1. The molecule has 0 fully saturated rings. The number of rotatable bonds is 13. The summed E-state index contributed by atoms with van der Waals surface area (Å²) in [4.78, 5) is 6.40. The van der Waals surface area contributed by atoms with E-state index in [1.165, 1.54) is 52.5 Å². The zero-order chi connectivity index (χ0) is 22.6. The summed E-state index contributed by atoms with van der Waals surface area (Å²) >= 11 is 10.5. The molecule has 0 saturated heterocycles. The van der Waals surface area contributed by atoms with E-state index in [9.17, 15) is 8.42 Å². The predicted molar refractivity (Wildman–Crippen MR) is 147 cm³/mol. The molecule has 4 rings (SSSR count). The highest BCUT2D eigenvalue weighted by Gasteiger charge is 2.37. The molecule has 1 aliphatic rings. The number of aryl methyl sites for hydroxylation is 1. The van der Waals surface area contributed by atoms with Gasteiger partial charge in [0.1, 0.15) is 0 Å². The molecule has 0 N–H and O–H groups in total. The SMILES string of the molecule is CCCCCCCCSc1ccc(-c2cc3c(s2)-c2sc(CCCCBr)cc2S3(=O)=O)s1. The first-order chi connectivity index (χ1) is 15.5. The first-order valence-electron chi connectivity index (χ1n) is 11.4. The Morgan fingerprint density at radius 1 is 0.844 bits per heavy atom. The third-order valence-electron chi connectivity index (χ3n) is 5.61. The normalized spacial score (nSPS) is 14.1. The molecule has 3 aromatic heterocycles. The topological polar surface area (TPSA) is 34.1 Å². The Kier molecular flexibility index (Phi) is 9.01. The smallest absolute Gasteiger partial charge is 0.209 e. The molecule has 0 radical (unpaired) electrons. The molecular formula is C24H29BrO2S5. The van der Waals surface area contributed by atoms with Crippen molar-refractivity contribution >= 4 is 71.5 Å². The van der Waals surface area contributed by atoms with Gasteiger partial charge in [0.2, 0.25) is 9.84 Å². The fourth-order valence-electron chi connectivity index (χ4n) is 3.85. The molecule has 8 heteroatoms. The molecule has 174 valence electrons. The number of thiophene rings is 3. The Hall–Kier alpha value is -0.120. The maximum atomic E-state index is 13.1. The Bertz CT molecular complexity index is 1140. The Morgan fingerprint density at radius 3 is 2.41 bits per heavy atom. The van der Waals surface area contributed by atoms with Gasteiger partial charge >= 0.3 is 0 Å². The minimum atomic E-state index is -3.37. The second-order valence-electron chi connectivity index (χ2n) is 8.09. The lowest BCUT2D eigenvalue weighted by molar-refractivity contribution is 0.599. The van der Waals surface area contributed by atoms with Gasteiger partial charge < -0.3 is 0 Å². The highest BCUT2D eigenvalue weighted by Crippen LogP contribution is 2.54. The van der Waals surface area contributed by atoms with Gasteiger partial charge in [-0.1, -0.05) is 55.0 Å². The van der Waals surface area contributed by atoms with Crippen LogP contribution in [0.5, 0.6) is 0 Å². The number of thioether (sulfide) groups is 1. The van der Waals surface area contributed by atoms with Crippen LogP contribution in [-0.2, 0) is 16.3 Å². The monoisotopic (exact) mass is 588 g/mol. The van der Waals surface area contributed by atoms with E-state index in [1.54, 1.807) is 34.0 Å². The quantitative estimate of drug-likeness (QED) is 0.0885. The van der Waals surface area contributed by atoms with E-state index in [4.69, 9.17) is 0 Å². The average Bonchev–Trinajstić information content (AvgIpc) is 3.52. The van der Waals surface area contributed by atoms with Crippen LogP contribution < -0.4 is 0 Å². The summed E-state index contributed by atoms with van der Waals surface area (Å²) < 4.78 is 27.6. The molecule has 0 aliphatic carbocycles. The van der Waals surface area contributed by atoms with E-state index in [-0.39, 0.29) is 0 Å². The molecule has 0 spiro atoms. The Balaban J connectivity index is 1.42. The van der Waals surface area contributed by atoms with Gasteiger partial charge in [0.05, 0.1) is 23.8 Å². The van der Waals surface area contributed by atoms with E-state index in [0.717, 1.165) is 45.0 Å². The van der Waals surface area contributed by atoms with Crippen molar-refractivity contribution in [1.29, 1.82) is 0 Å². The first kappa shape index (κ1) is 25.0. The van der Waals surface area contributed by atoms with Gasteiger partial charge in [-0.15, -0.1) is 45.8 Å². The van der Waals surface area contributed by atoms with Crippen molar-refractivity contribution in [2.24, 2.45) is 0 Å². The maximum absolute atomic E-state index is 13.1. The average molecular weight is 590 g/mol. The molecule has 0 atom stereocenters. The van der Waals surface area contributed by atoms with Gasteiger partial charge in [0.15, 0.2) is 0 Å². The Labute approximate surface area is 216 Å². The van der Waals surface area contributed by atoms with Crippen LogP contribution in [-0.4, -0.2) is 19.5 Å². The van der Waals surface area contributed by atoms with E-state index < -0.39 is 9.84 Å². The third-order valence-corrected chi connectivity index (χ3v) is 13.3. The molecular weight excluding hydrogens is 561 g/mol. The molecule has 0 bridgehead atoms. The fourth-order valence-corrected chi connectivity index (χ4v) is 11.5. The van der Waals surface area contributed by atoms with Gasteiger partial charge in [-0.25, -0.2) is 8.42 Å². The predicted octanol–water partition coefficient (Wildman–Crippen LogP) is 9.52. The third kappa shape index (κ3) is 5.57. The molecule has 0 saturated carbocycles. The second kappa shape index (κ2) is 11.5. The van der Waals surface area contributed by atoms with Crippen LogP contribution in [0, 0.1) is 0 Å². The molecule has 4 heterocycles. The summed E-state index contributed by atoms with van der Waals surface area (Å²) in [5.41, 5.74) is 0. The van der Waals surface area contributed by atoms with Crippen molar-refractivity contribution in [3.05, 3.63) is 29.1 Å². The van der Waals surface area contributed by atoms with Crippen LogP contribution in [0.2, 0.25) is 0 Å². The molecule has 0 amide bonds. The highest BCUT2D eigenvalue weighted by atomic mass is 79.9. The van der Waals surface area contributed by atoms with Crippen LogP contribution in [0.3, 0.4) is 0 Å². The lowest BCUT2D eigenvalue weighted by Crippen LogP contribution is -1.94. The van der Waals surface area contributed by atoms with Crippen LogP contribution >= 0.6 is 61.7 Å². The van der Waals surface area contributed by atoms with Gasteiger partial charge in [-0.05, 0) is 55.7 Å². The van der Waals surface area contributed by atoms with Gasteiger partial charge in [0, 0.05) is 20.0 Å². The van der Waals surface area contributed by atoms with Crippen LogP contribution in [0.4, 0.5) is 0 Å². The first-order valence-corrected chi connectivity index (χ1v) is 17.4. The number of fused-ring (bicyclic) bond motifs is 3. The van der Waals surface area contributed by atoms with E-state index in [0.29, 0.717) is 9.79 Å². The lowest BCUT2D eigenvalue weighted by Gasteiger charge is -2.00. The summed E-state index contributed by atoms with van der Waals surface area (Å²) in [5, 5.41) is 0.995. The van der Waals surface area contributed by atoms with Crippen molar-refractivity contribution in [3.8, 4) is 19.5 Å². The number of hydrogen-bond acceptors (Lipinski definition) is 6. The summed E-state index contributed by atoms with van der Waals surface area (Å²) in [6, 6.07) is 8.17.